The molecule has 0 fully saturated rings. The Morgan fingerprint density at radius 3 is 2.34 bits per heavy atom. The molecule has 0 aliphatic rings. The first-order valence-electron chi connectivity index (χ1n) is 10.4. The van der Waals surface area contributed by atoms with Crippen LogP contribution < -0.4 is 14.4 Å². The van der Waals surface area contributed by atoms with E-state index >= 15 is 0 Å². The molecular weight excluding hydrogens is 424 g/mol. The minimum Gasteiger partial charge on any atom is -0.497 e. The van der Waals surface area contributed by atoms with Crippen LogP contribution in [0.5, 0.6) is 5.75 Å². The van der Waals surface area contributed by atoms with Crippen LogP contribution in [-0.4, -0.2) is 34.5 Å². The van der Waals surface area contributed by atoms with Crippen molar-refractivity contribution >= 4 is 21.6 Å². The second-order valence-electron chi connectivity index (χ2n) is 7.64. The molecule has 3 aromatic carbocycles. The molecule has 0 aromatic heterocycles. The molecule has 0 aliphatic carbocycles. The molecule has 0 radical (unpaired) electrons. The topological polar surface area (TPSA) is 75.7 Å². The third-order valence-corrected chi connectivity index (χ3v) is 7.00. The number of ether oxygens (including phenoxy) is 1. The molecule has 0 heterocycles. The first-order chi connectivity index (χ1) is 15.3. The third-order valence-electron chi connectivity index (χ3n) is 5.21. The summed E-state index contributed by atoms with van der Waals surface area (Å²) in [5.74, 6) is 0.218. The minimum absolute atomic E-state index is 0.0964. The van der Waals surface area contributed by atoms with Gasteiger partial charge in [0.25, 0.3) is 10.0 Å². The quantitative estimate of drug-likeness (QED) is 0.530. The van der Waals surface area contributed by atoms with Gasteiger partial charge in [-0.1, -0.05) is 61.0 Å². The number of aryl methyl sites for hydroxylation is 1. The number of methoxy groups -OCH3 is 1. The number of benzene rings is 3. The fourth-order valence-electron chi connectivity index (χ4n) is 3.27. The fourth-order valence-corrected chi connectivity index (χ4v) is 4.68. The molecule has 3 rings (SSSR count). The van der Waals surface area contributed by atoms with Crippen molar-refractivity contribution in [3.63, 3.8) is 0 Å². The number of hydrogen-bond acceptors (Lipinski definition) is 4. The monoisotopic (exact) mass is 452 g/mol. The van der Waals surface area contributed by atoms with Crippen molar-refractivity contribution in [1.82, 2.24) is 5.32 Å². The maximum Gasteiger partial charge on any atom is 0.264 e. The summed E-state index contributed by atoms with van der Waals surface area (Å²) in [6, 6.07) is 23.1. The van der Waals surface area contributed by atoms with Crippen LogP contribution >= 0.6 is 0 Å². The van der Waals surface area contributed by atoms with E-state index in [0.29, 0.717) is 18.0 Å². The predicted octanol–water partition coefficient (Wildman–Crippen LogP) is 4.12. The normalized spacial score (nSPS) is 12.1. The number of carbonyl (C=O) groups is 1. The standard InChI is InChI=1S/C25H28N2O4S/c1-19-12-14-24(15-13-19)32(29,30)27(22-10-7-11-23(16-22)31-3)18-25(28)26-17-20(2)21-8-5-4-6-9-21/h4-16,20H,17-18H2,1-3H3,(H,26,28)/t20-/m0/s1. The van der Waals surface area contributed by atoms with Gasteiger partial charge in [-0.2, -0.15) is 0 Å². The van der Waals surface area contributed by atoms with Crippen LogP contribution in [0.1, 0.15) is 24.0 Å². The van der Waals surface area contributed by atoms with Crippen molar-refractivity contribution in [3.05, 3.63) is 90.0 Å². The van der Waals surface area contributed by atoms with Gasteiger partial charge in [0.2, 0.25) is 5.91 Å². The molecule has 3 aromatic rings. The molecule has 0 saturated carbocycles. The lowest BCUT2D eigenvalue weighted by Crippen LogP contribution is -2.41. The summed E-state index contributed by atoms with van der Waals surface area (Å²) in [7, 11) is -2.46. The van der Waals surface area contributed by atoms with Crippen molar-refractivity contribution in [2.75, 3.05) is 24.5 Å². The van der Waals surface area contributed by atoms with Crippen LogP contribution in [0.3, 0.4) is 0 Å². The van der Waals surface area contributed by atoms with Crippen LogP contribution in [0.15, 0.2) is 83.8 Å². The van der Waals surface area contributed by atoms with Gasteiger partial charge in [0.1, 0.15) is 12.3 Å². The smallest absolute Gasteiger partial charge is 0.264 e. The summed E-state index contributed by atoms with van der Waals surface area (Å²) in [5, 5.41) is 2.87. The average molecular weight is 453 g/mol. The molecule has 0 spiro atoms. The SMILES string of the molecule is COc1cccc(N(CC(=O)NC[C@H](C)c2ccccc2)S(=O)(=O)c2ccc(C)cc2)c1. The number of rotatable bonds is 9. The lowest BCUT2D eigenvalue weighted by Gasteiger charge is -2.25. The van der Waals surface area contributed by atoms with E-state index in [2.05, 4.69) is 5.32 Å². The highest BCUT2D eigenvalue weighted by Crippen LogP contribution is 2.27. The molecular formula is C25H28N2O4S. The van der Waals surface area contributed by atoms with Gasteiger partial charge in [0.15, 0.2) is 0 Å². The summed E-state index contributed by atoms with van der Waals surface area (Å²) >= 11 is 0. The summed E-state index contributed by atoms with van der Waals surface area (Å²) in [5.41, 5.74) is 2.41. The third kappa shape index (κ3) is 5.68. The molecule has 0 bridgehead atoms. The number of sulfonamides is 1. The largest absolute Gasteiger partial charge is 0.497 e. The molecule has 7 heteroatoms. The Hall–Kier alpha value is -3.32. The second kappa shape index (κ2) is 10.3. The van der Waals surface area contributed by atoms with Crippen molar-refractivity contribution in [1.29, 1.82) is 0 Å². The van der Waals surface area contributed by atoms with Gasteiger partial charge < -0.3 is 10.1 Å². The summed E-state index contributed by atoms with van der Waals surface area (Å²) < 4.78 is 33.3. The Kier molecular flexibility index (Phi) is 7.53. The minimum atomic E-state index is -3.96. The second-order valence-corrected chi connectivity index (χ2v) is 9.50. The van der Waals surface area contributed by atoms with E-state index < -0.39 is 10.0 Å². The Balaban J connectivity index is 1.84. The Labute approximate surface area is 189 Å². The van der Waals surface area contributed by atoms with Gasteiger partial charge in [-0.15, -0.1) is 0 Å². The van der Waals surface area contributed by atoms with Crippen molar-refractivity contribution in [2.45, 2.75) is 24.7 Å². The molecule has 1 atom stereocenters. The van der Waals surface area contributed by atoms with Crippen LogP contribution in [0.4, 0.5) is 5.69 Å². The lowest BCUT2D eigenvalue weighted by molar-refractivity contribution is -0.119. The number of hydrogen-bond donors (Lipinski definition) is 1. The van der Waals surface area contributed by atoms with Gasteiger partial charge in [0.05, 0.1) is 17.7 Å². The highest BCUT2D eigenvalue weighted by molar-refractivity contribution is 7.92. The summed E-state index contributed by atoms with van der Waals surface area (Å²) in [6.45, 7) is 3.96. The zero-order valence-electron chi connectivity index (χ0n) is 18.5. The molecule has 6 nitrogen and oxygen atoms in total. The zero-order chi connectivity index (χ0) is 23.1. The zero-order valence-corrected chi connectivity index (χ0v) is 19.3. The van der Waals surface area contributed by atoms with Gasteiger partial charge in [-0.25, -0.2) is 8.42 Å². The number of carbonyl (C=O) groups excluding carboxylic acids is 1. The highest BCUT2D eigenvalue weighted by atomic mass is 32.2. The van der Waals surface area contributed by atoms with E-state index in [-0.39, 0.29) is 23.3 Å². The van der Waals surface area contributed by atoms with Gasteiger partial charge >= 0.3 is 0 Å². The van der Waals surface area contributed by atoms with Crippen LogP contribution in [0.25, 0.3) is 0 Å². The fraction of sp³-hybridized carbons (Fsp3) is 0.240. The van der Waals surface area contributed by atoms with Crippen molar-refractivity contribution < 1.29 is 17.9 Å². The summed E-state index contributed by atoms with van der Waals surface area (Å²) in [4.78, 5) is 12.9. The maximum absolute atomic E-state index is 13.4. The number of nitrogens with zero attached hydrogens (tertiary/aromatic N) is 1. The number of nitrogens with one attached hydrogen (secondary N) is 1. The van der Waals surface area contributed by atoms with Gasteiger partial charge in [-0.05, 0) is 42.7 Å². The van der Waals surface area contributed by atoms with Crippen molar-refractivity contribution in [2.24, 2.45) is 0 Å². The van der Waals surface area contributed by atoms with E-state index in [1.165, 1.54) is 7.11 Å². The molecule has 32 heavy (non-hydrogen) atoms. The number of amides is 1. The van der Waals surface area contributed by atoms with E-state index in [0.717, 1.165) is 15.4 Å². The van der Waals surface area contributed by atoms with E-state index in [9.17, 15) is 13.2 Å². The van der Waals surface area contributed by atoms with Gasteiger partial charge in [-0.3, -0.25) is 9.10 Å². The van der Waals surface area contributed by atoms with Gasteiger partial charge in [0, 0.05) is 12.6 Å². The highest BCUT2D eigenvalue weighted by Gasteiger charge is 2.27. The van der Waals surface area contributed by atoms with Crippen LogP contribution in [0.2, 0.25) is 0 Å². The Morgan fingerprint density at radius 2 is 1.69 bits per heavy atom. The predicted molar refractivity (Wildman–Crippen MR) is 127 cm³/mol. The molecule has 0 unspecified atom stereocenters. The molecule has 0 aliphatic heterocycles. The Bertz CT molecular complexity index is 1150. The first-order valence-corrected chi connectivity index (χ1v) is 11.8. The van der Waals surface area contributed by atoms with Crippen LogP contribution in [-0.2, 0) is 14.8 Å². The first kappa shape index (κ1) is 23.3. The molecule has 1 amide bonds. The van der Waals surface area contributed by atoms with E-state index in [4.69, 9.17) is 4.74 Å². The summed E-state index contributed by atoms with van der Waals surface area (Å²) in [6.07, 6.45) is 0. The van der Waals surface area contributed by atoms with Crippen LogP contribution in [0, 0.1) is 6.92 Å². The lowest BCUT2D eigenvalue weighted by atomic mass is 10.0. The van der Waals surface area contributed by atoms with E-state index in [1.54, 1.807) is 48.5 Å². The van der Waals surface area contributed by atoms with Crippen molar-refractivity contribution in [3.8, 4) is 5.75 Å². The molecule has 1 N–H and O–H groups in total. The Morgan fingerprint density at radius 1 is 1.00 bits per heavy atom. The van der Waals surface area contributed by atoms with E-state index in [1.807, 2.05) is 44.2 Å². The maximum atomic E-state index is 13.4. The number of anilines is 1. The molecule has 168 valence electrons. The molecule has 0 saturated heterocycles. The average Bonchev–Trinajstić information content (AvgIpc) is 2.81.